The van der Waals surface area contributed by atoms with Crippen LogP contribution >= 0.6 is 0 Å². The van der Waals surface area contributed by atoms with Crippen LogP contribution in [0.4, 0.5) is 0 Å². The fourth-order valence-electron chi connectivity index (χ4n) is 8.84. The van der Waals surface area contributed by atoms with E-state index in [0.717, 1.165) is 16.7 Å². The van der Waals surface area contributed by atoms with Crippen LogP contribution < -0.4 is 0 Å². The first-order valence-corrected chi connectivity index (χ1v) is 18.5. The van der Waals surface area contributed by atoms with Gasteiger partial charge in [-0.2, -0.15) is 0 Å². The molecule has 1 unspecified atom stereocenters. The first-order chi connectivity index (χ1) is 26.6. The summed E-state index contributed by atoms with van der Waals surface area (Å²) in [4.78, 5) is 15.1. The molecule has 3 nitrogen and oxygen atoms in total. The highest BCUT2D eigenvalue weighted by molar-refractivity contribution is 6.25. The fourth-order valence-corrected chi connectivity index (χ4v) is 8.84. The van der Waals surface area contributed by atoms with Gasteiger partial charge in [0.25, 0.3) is 0 Å². The molecule has 1 aromatic heterocycles. The van der Waals surface area contributed by atoms with E-state index in [1.54, 1.807) is 0 Å². The molecule has 252 valence electrons. The van der Waals surface area contributed by atoms with Gasteiger partial charge < -0.3 is 0 Å². The second-order valence-electron chi connectivity index (χ2n) is 14.5. The van der Waals surface area contributed by atoms with Crippen LogP contribution in [0.2, 0.25) is 0 Å². The molecular formula is C51H33N3. The van der Waals surface area contributed by atoms with Gasteiger partial charge in [0.1, 0.15) is 0 Å². The van der Waals surface area contributed by atoms with Crippen LogP contribution in [-0.2, 0) is 5.41 Å². The number of rotatable bonds is 5. The van der Waals surface area contributed by atoms with Crippen LogP contribution in [0.15, 0.2) is 182 Å². The molecule has 0 amide bonds. The number of hydrogen-bond acceptors (Lipinski definition) is 3. The molecule has 0 saturated carbocycles. The Balaban J connectivity index is 1.10. The van der Waals surface area contributed by atoms with Gasteiger partial charge in [0, 0.05) is 22.1 Å². The Kier molecular flexibility index (Phi) is 6.68. The smallest absolute Gasteiger partial charge is 0.164 e. The molecule has 0 spiro atoms. The van der Waals surface area contributed by atoms with E-state index in [1.165, 1.54) is 71.3 Å². The maximum absolute atomic E-state index is 5.09. The minimum Gasteiger partial charge on any atom is -0.208 e. The number of fused-ring (bicyclic) bond motifs is 3. The molecule has 11 rings (SSSR count). The van der Waals surface area contributed by atoms with Gasteiger partial charge in [-0.15, -0.1) is 0 Å². The van der Waals surface area contributed by atoms with E-state index in [2.05, 4.69) is 153 Å². The largest absolute Gasteiger partial charge is 0.208 e. The van der Waals surface area contributed by atoms with Gasteiger partial charge in [0.05, 0.1) is 0 Å². The monoisotopic (exact) mass is 687 g/mol. The van der Waals surface area contributed by atoms with Crippen molar-refractivity contribution in [1.29, 1.82) is 0 Å². The molecule has 1 heterocycles. The van der Waals surface area contributed by atoms with Gasteiger partial charge in [-0.3, -0.25) is 0 Å². The highest BCUT2D eigenvalue weighted by atomic mass is 15.0. The third kappa shape index (κ3) is 4.58. The van der Waals surface area contributed by atoms with E-state index >= 15 is 0 Å². The molecule has 1 aliphatic rings. The second kappa shape index (κ2) is 11.8. The predicted octanol–water partition coefficient (Wildman–Crippen LogP) is 12.8. The third-order valence-corrected chi connectivity index (χ3v) is 11.6. The molecular weight excluding hydrogens is 655 g/mol. The van der Waals surface area contributed by atoms with Gasteiger partial charge in [-0.1, -0.05) is 170 Å². The number of nitrogens with zero attached hydrogens (tertiary/aromatic N) is 3. The van der Waals surface area contributed by atoms with Crippen molar-refractivity contribution in [2.75, 3.05) is 0 Å². The van der Waals surface area contributed by atoms with Gasteiger partial charge >= 0.3 is 0 Å². The summed E-state index contributed by atoms with van der Waals surface area (Å²) in [6, 6.07) is 65.4. The number of hydrogen-bond donors (Lipinski definition) is 0. The average Bonchev–Trinajstić information content (AvgIpc) is 3.50. The van der Waals surface area contributed by atoms with Crippen LogP contribution in [0.1, 0.15) is 23.6 Å². The minimum absolute atomic E-state index is 0.417. The van der Waals surface area contributed by atoms with Gasteiger partial charge in [0.15, 0.2) is 17.5 Å². The Hall–Kier alpha value is -6.97. The molecule has 9 aromatic carbocycles. The van der Waals surface area contributed by atoms with Crippen LogP contribution in [0.5, 0.6) is 0 Å². The first kappa shape index (κ1) is 30.6. The Morgan fingerprint density at radius 1 is 0.352 bits per heavy atom. The predicted molar refractivity (Wildman–Crippen MR) is 223 cm³/mol. The van der Waals surface area contributed by atoms with Crippen LogP contribution in [-0.4, -0.2) is 15.0 Å². The molecule has 54 heavy (non-hydrogen) atoms. The van der Waals surface area contributed by atoms with Crippen molar-refractivity contribution in [2.24, 2.45) is 0 Å². The SMILES string of the molecule is CC1(c2ccccc2)c2cc(-c3nc(-c4ccccc4)nc(-c4ccccc4)n3)ccc2-c2ccc(-c3ccc4ccc5cccc6ccc3c4c56)cc21. The number of aromatic nitrogens is 3. The molecule has 1 aliphatic carbocycles. The molecule has 0 fully saturated rings. The summed E-state index contributed by atoms with van der Waals surface area (Å²) in [5.74, 6) is 1.98. The molecule has 0 bridgehead atoms. The minimum atomic E-state index is -0.417. The van der Waals surface area contributed by atoms with Crippen molar-refractivity contribution >= 4 is 32.3 Å². The lowest BCUT2D eigenvalue weighted by Gasteiger charge is -2.29. The second-order valence-corrected chi connectivity index (χ2v) is 14.5. The van der Waals surface area contributed by atoms with Crippen molar-refractivity contribution in [3.63, 3.8) is 0 Å². The summed E-state index contributed by atoms with van der Waals surface area (Å²) in [5, 5.41) is 7.80. The van der Waals surface area contributed by atoms with Crippen molar-refractivity contribution < 1.29 is 0 Å². The van der Waals surface area contributed by atoms with Crippen LogP contribution in [0.25, 0.3) is 88.7 Å². The van der Waals surface area contributed by atoms with E-state index in [-0.39, 0.29) is 0 Å². The van der Waals surface area contributed by atoms with Crippen molar-refractivity contribution in [1.82, 2.24) is 15.0 Å². The standard InChI is InChI=1S/C51H33N3/c1-51(39-18-9-4-10-19-39)44-30-37(40-26-22-34-21-20-32-16-11-17-33-23-29-43(40)47(34)46(32)33)24-27-41(44)42-28-25-38(31-45(42)51)50-53-48(35-12-5-2-6-13-35)52-49(54-50)36-14-7-3-8-15-36/h2-31H,1H3. The first-order valence-electron chi connectivity index (χ1n) is 18.5. The summed E-state index contributed by atoms with van der Waals surface area (Å²) in [6.45, 7) is 2.38. The molecule has 0 saturated heterocycles. The molecule has 0 aliphatic heterocycles. The lowest BCUT2D eigenvalue weighted by atomic mass is 9.73. The zero-order valence-electron chi connectivity index (χ0n) is 29.7. The Labute approximate surface area is 313 Å². The van der Waals surface area contributed by atoms with Gasteiger partial charge in [0.2, 0.25) is 0 Å². The Bertz CT molecular complexity index is 2970. The van der Waals surface area contributed by atoms with E-state index in [1.807, 2.05) is 36.4 Å². The normalized spacial score (nSPS) is 14.8. The lowest BCUT2D eigenvalue weighted by molar-refractivity contribution is 0.714. The van der Waals surface area contributed by atoms with E-state index in [9.17, 15) is 0 Å². The maximum Gasteiger partial charge on any atom is 0.164 e. The fraction of sp³-hybridized carbons (Fsp3) is 0.0392. The van der Waals surface area contributed by atoms with E-state index < -0.39 is 5.41 Å². The highest BCUT2D eigenvalue weighted by Gasteiger charge is 2.41. The zero-order chi connectivity index (χ0) is 35.8. The van der Waals surface area contributed by atoms with Crippen LogP contribution in [0.3, 0.4) is 0 Å². The summed E-state index contributed by atoms with van der Waals surface area (Å²) in [6.07, 6.45) is 0. The van der Waals surface area contributed by atoms with Crippen LogP contribution in [0, 0.1) is 0 Å². The molecule has 0 radical (unpaired) electrons. The van der Waals surface area contributed by atoms with Crippen molar-refractivity contribution in [3.8, 4) is 56.4 Å². The van der Waals surface area contributed by atoms with Gasteiger partial charge in [-0.25, -0.2) is 15.0 Å². The third-order valence-electron chi connectivity index (χ3n) is 11.6. The van der Waals surface area contributed by atoms with E-state index in [0.29, 0.717) is 17.5 Å². The molecule has 3 heteroatoms. The number of benzene rings is 9. The topological polar surface area (TPSA) is 38.7 Å². The summed E-state index contributed by atoms with van der Waals surface area (Å²) >= 11 is 0. The molecule has 0 N–H and O–H groups in total. The Morgan fingerprint density at radius 2 is 0.815 bits per heavy atom. The van der Waals surface area contributed by atoms with Gasteiger partial charge in [-0.05, 0) is 90.3 Å². The zero-order valence-corrected chi connectivity index (χ0v) is 29.7. The summed E-state index contributed by atoms with van der Waals surface area (Å²) in [7, 11) is 0. The summed E-state index contributed by atoms with van der Waals surface area (Å²) in [5.41, 5.74) is 11.2. The van der Waals surface area contributed by atoms with Crippen molar-refractivity contribution in [2.45, 2.75) is 12.3 Å². The highest BCUT2D eigenvalue weighted by Crippen LogP contribution is 2.54. The average molecular weight is 688 g/mol. The quantitative estimate of drug-likeness (QED) is 0.169. The summed E-state index contributed by atoms with van der Waals surface area (Å²) < 4.78 is 0. The molecule has 10 aromatic rings. The lowest BCUT2D eigenvalue weighted by Crippen LogP contribution is -2.22. The molecule has 1 atom stereocenters. The van der Waals surface area contributed by atoms with Crippen molar-refractivity contribution in [3.05, 3.63) is 199 Å². The van der Waals surface area contributed by atoms with E-state index in [4.69, 9.17) is 15.0 Å². The maximum atomic E-state index is 5.09. The Morgan fingerprint density at radius 3 is 1.43 bits per heavy atom.